The Morgan fingerprint density at radius 3 is 1.24 bits per heavy atom. The summed E-state index contributed by atoms with van der Waals surface area (Å²) in [5, 5.41) is 0. The largest absolute Gasteiger partial charge is 1.00 e. The van der Waals surface area contributed by atoms with Gasteiger partial charge in [-0.05, 0) is 0 Å². The molecular weight excluding hydrogens is 287 g/mol. The number of rotatable bonds is 6. The summed E-state index contributed by atoms with van der Waals surface area (Å²) in [5.41, 5.74) is 0. The normalized spacial score (nSPS) is 10.5. The topological polar surface area (TPSA) is 127 Å². The summed E-state index contributed by atoms with van der Waals surface area (Å²) in [6.07, 6.45) is 2.43. The molecule has 0 unspecified atom stereocenters. The second-order valence-corrected chi connectivity index (χ2v) is 4.18. The first-order valence-electron chi connectivity index (χ1n) is 3.58. The van der Waals surface area contributed by atoms with Crippen LogP contribution in [0.4, 0.5) is 0 Å². The van der Waals surface area contributed by atoms with Crippen molar-refractivity contribution in [2.24, 2.45) is 0 Å². The minimum absolute atomic E-state index is 0. The van der Waals surface area contributed by atoms with Crippen molar-refractivity contribution in [2.75, 3.05) is 13.2 Å². The standard InChI is InChI=1S/2C3H6O4S.Na.H/c2*1-2-3-7-8(4,5)6;;/h2*2H,1,3H2,(H,4,5,6);;/q;;+1;-1. The molecule has 0 spiro atoms. The molecule has 0 aliphatic carbocycles. The van der Waals surface area contributed by atoms with E-state index in [1.807, 2.05) is 0 Å². The monoisotopic (exact) mass is 300 g/mol. The molecule has 0 aromatic rings. The van der Waals surface area contributed by atoms with Crippen molar-refractivity contribution in [1.29, 1.82) is 0 Å². The van der Waals surface area contributed by atoms with E-state index in [2.05, 4.69) is 21.5 Å². The molecule has 0 heterocycles. The van der Waals surface area contributed by atoms with Crippen LogP contribution in [0.1, 0.15) is 1.43 Å². The van der Waals surface area contributed by atoms with Gasteiger partial charge in [0.1, 0.15) is 0 Å². The molecular formula is C6H13NaO8S2. The molecule has 0 aliphatic heterocycles. The maximum Gasteiger partial charge on any atom is 1.00 e. The Morgan fingerprint density at radius 2 is 1.18 bits per heavy atom. The van der Waals surface area contributed by atoms with Crippen LogP contribution in [-0.4, -0.2) is 39.2 Å². The van der Waals surface area contributed by atoms with Gasteiger partial charge in [-0.3, -0.25) is 9.11 Å². The van der Waals surface area contributed by atoms with Crippen LogP contribution in [0.5, 0.6) is 0 Å². The van der Waals surface area contributed by atoms with Crippen LogP contribution >= 0.6 is 0 Å². The number of hydrogen-bond acceptors (Lipinski definition) is 6. The third kappa shape index (κ3) is 31.4. The van der Waals surface area contributed by atoms with E-state index in [9.17, 15) is 16.8 Å². The molecule has 0 radical (unpaired) electrons. The molecule has 11 heteroatoms. The second kappa shape index (κ2) is 11.3. The predicted octanol–water partition coefficient (Wildman–Crippen LogP) is -2.90. The minimum Gasteiger partial charge on any atom is -1.00 e. The Balaban J connectivity index is -0.0000000980. The van der Waals surface area contributed by atoms with Crippen LogP contribution < -0.4 is 29.6 Å². The fraction of sp³-hybridized carbons (Fsp3) is 0.333. The smallest absolute Gasteiger partial charge is 1.00 e. The van der Waals surface area contributed by atoms with Crippen molar-refractivity contribution in [3.05, 3.63) is 25.3 Å². The summed E-state index contributed by atoms with van der Waals surface area (Å²) in [6, 6.07) is 0. The summed E-state index contributed by atoms with van der Waals surface area (Å²) < 4.78 is 62.0. The van der Waals surface area contributed by atoms with Gasteiger partial charge in [-0.15, -0.1) is 13.2 Å². The van der Waals surface area contributed by atoms with Crippen molar-refractivity contribution < 1.29 is 65.3 Å². The van der Waals surface area contributed by atoms with E-state index in [4.69, 9.17) is 9.11 Å². The first kappa shape index (κ1) is 22.4. The Hall–Kier alpha value is 0.220. The van der Waals surface area contributed by atoms with Gasteiger partial charge in [0.15, 0.2) is 0 Å². The molecule has 0 aromatic carbocycles. The second-order valence-electron chi connectivity index (χ2n) is 2.00. The molecule has 0 amide bonds. The number of hydrogen-bond donors (Lipinski definition) is 2. The summed E-state index contributed by atoms with van der Waals surface area (Å²) in [7, 11) is -8.52. The molecule has 0 aromatic heterocycles. The third-order valence-electron chi connectivity index (χ3n) is 0.670. The van der Waals surface area contributed by atoms with E-state index in [-0.39, 0.29) is 44.2 Å². The average Bonchev–Trinajstić information content (AvgIpc) is 2.10. The van der Waals surface area contributed by atoms with E-state index in [0.717, 1.165) is 0 Å². The molecule has 17 heavy (non-hydrogen) atoms. The van der Waals surface area contributed by atoms with E-state index in [0.29, 0.717) is 0 Å². The average molecular weight is 300 g/mol. The first-order chi connectivity index (χ1) is 7.12. The fourth-order valence-corrected chi connectivity index (χ4v) is 0.805. The quantitative estimate of drug-likeness (QED) is 0.304. The van der Waals surface area contributed by atoms with Gasteiger partial charge in [-0.25, -0.2) is 8.37 Å². The van der Waals surface area contributed by atoms with Gasteiger partial charge < -0.3 is 1.43 Å². The van der Waals surface area contributed by atoms with E-state index in [1.165, 1.54) is 12.2 Å². The van der Waals surface area contributed by atoms with Crippen molar-refractivity contribution in [3.63, 3.8) is 0 Å². The molecule has 0 saturated heterocycles. The molecule has 98 valence electrons. The minimum atomic E-state index is -4.26. The van der Waals surface area contributed by atoms with E-state index in [1.54, 1.807) is 0 Å². The van der Waals surface area contributed by atoms with Crippen LogP contribution in [0, 0.1) is 0 Å². The van der Waals surface area contributed by atoms with Gasteiger partial charge in [-0.1, -0.05) is 12.2 Å². The fourth-order valence-electron chi connectivity index (χ4n) is 0.268. The molecule has 0 rings (SSSR count). The van der Waals surface area contributed by atoms with Crippen LogP contribution in [-0.2, 0) is 29.2 Å². The van der Waals surface area contributed by atoms with Crippen molar-refractivity contribution in [1.82, 2.24) is 0 Å². The Labute approximate surface area is 124 Å². The molecule has 0 atom stereocenters. The summed E-state index contributed by atoms with van der Waals surface area (Å²) in [6.45, 7) is 5.94. The Bertz CT molecular complexity index is 363. The predicted molar refractivity (Wildman–Crippen MR) is 56.5 cm³/mol. The zero-order valence-electron chi connectivity index (χ0n) is 10.1. The van der Waals surface area contributed by atoms with Crippen LogP contribution in [0.25, 0.3) is 0 Å². The summed E-state index contributed by atoms with van der Waals surface area (Å²) >= 11 is 0. The Kier molecular flexibility index (Phi) is 14.9. The zero-order valence-corrected chi connectivity index (χ0v) is 12.8. The Morgan fingerprint density at radius 1 is 0.941 bits per heavy atom. The van der Waals surface area contributed by atoms with Gasteiger partial charge in [-0.2, -0.15) is 16.8 Å². The van der Waals surface area contributed by atoms with E-state index < -0.39 is 20.8 Å². The first-order valence-corrected chi connectivity index (χ1v) is 6.31. The van der Waals surface area contributed by atoms with Gasteiger partial charge in [0, 0.05) is 0 Å². The van der Waals surface area contributed by atoms with Gasteiger partial charge in [0.25, 0.3) is 0 Å². The van der Waals surface area contributed by atoms with Crippen molar-refractivity contribution in [3.8, 4) is 0 Å². The molecule has 0 aliphatic rings. The SMILES string of the molecule is C=CCOS(=O)(=O)O.C=CCOS(=O)(=O)O.[H-].[Na+]. The van der Waals surface area contributed by atoms with Crippen molar-refractivity contribution in [2.45, 2.75) is 0 Å². The van der Waals surface area contributed by atoms with Crippen LogP contribution in [0.3, 0.4) is 0 Å². The van der Waals surface area contributed by atoms with Gasteiger partial charge in [0.05, 0.1) is 13.2 Å². The molecule has 2 N–H and O–H groups in total. The molecule has 0 fully saturated rings. The third-order valence-corrected chi connectivity index (χ3v) is 1.54. The molecule has 0 bridgehead atoms. The van der Waals surface area contributed by atoms with Gasteiger partial charge >= 0.3 is 50.4 Å². The maximum absolute atomic E-state index is 9.68. The molecule has 0 saturated carbocycles. The van der Waals surface area contributed by atoms with Crippen LogP contribution in [0.15, 0.2) is 25.3 Å². The van der Waals surface area contributed by atoms with Gasteiger partial charge in [0.2, 0.25) is 0 Å². The van der Waals surface area contributed by atoms with Crippen molar-refractivity contribution >= 4 is 20.8 Å². The summed E-state index contributed by atoms with van der Waals surface area (Å²) in [4.78, 5) is 0. The zero-order chi connectivity index (χ0) is 13.2. The van der Waals surface area contributed by atoms with E-state index >= 15 is 0 Å². The maximum atomic E-state index is 9.68. The van der Waals surface area contributed by atoms with Crippen LogP contribution in [0.2, 0.25) is 0 Å². The molecule has 8 nitrogen and oxygen atoms in total. The summed E-state index contributed by atoms with van der Waals surface area (Å²) in [5.74, 6) is 0.